The summed E-state index contributed by atoms with van der Waals surface area (Å²) in [6.07, 6.45) is -4.54. The first-order valence-corrected chi connectivity index (χ1v) is 26.4. The average Bonchev–Trinajstić information content (AvgIpc) is 2.09. The third-order valence-corrected chi connectivity index (χ3v) is 15.6. The largest absolute Gasteiger partial charge is 0.416 e. The lowest BCUT2D eigenvalue weighted by Gasteiger charge is -2.21. The van der Waals surface area contributed by atoms with E-state index in [0.717, 1.165) is 111 Å². The first-order valence-electron chi connectivity index (χ1n) is 26.4. The maximum absolute atomic E-state index is 14.2. The van der Waals surface area contributed by atoms with Crippen LogP contribution in [0.3, 0.4) is 0 Å². The van der Waals surface area contributed by atoms with Gasteiger partial charge in [0.05, 0.1) is 87.0 Å². The molecule has 11 aromatic carbocycles. The van der Waals surface area contributed by atoms with Gasteiger partial charge in [-0.3, -0.25) is 0 Å². The SMILES string of the molecule is [C-]#[N+]c1ccc(-c2ccc3c(c2)c2cc(-c4ccc([N+]#[C-])cc4)ccc2n3-c2cc(-c3ccc(C(F)(F)F)cc3C)ccc2-c2ccc(C#N)cc2-n2c3ccc(-c4ccc(C#N)cc4)cc3c3cc(-c4ccc(C#N)cc4)ccc32)cc1. The van der Waals surface area contributed by atoms with Crippen LogP contribution in [0.5, 0.6) is 0 Å². The molecule has 0 atom stereocenters. The highest BCUT2D eigenvalue weighted by Gasteiger charge is 2.31. The van der Waals surface area contributed by atoms with E-state index >= 15 is 0 Å². The van der Waals surface area contributed by atoms with E-state index in [0.29, 0.717) is 50.4 Å². The normalized spacial score (nSPS) is 11.3. The molecule has 0 bridgehead atoms. The first-order chi connectivity index (χ1) is 40.4. The molecule has 0 spiro atoms. The number of rotatable bonds is 8. The number of aryl methyl sites for hydroxylation is 1. The molecular weight excluding hydrogens is 1030 g/mol. The maximum atomic E-state index is 14.2. The molecule has 0 amide bonds. The summed E-state index contributed by atoms with van der Waals surface area (Å²) in [4.78, 5) is 7.23. The Bertz CT molecular complexity index is 4820. The summed E-state index contributed by atoms with van der Waals surface area (Å²) in [6, 6.07) is 77.4. The fraction of sp³-hybridized carbons (Fsp3) is 0.0274. The molecule has 13 aromatic rings. The Kier molecular flexibility index (Phi) is 12.3. The van der Waals surface area contributed by atoms with Crippen molar-refractivity contribution in [2.45, 2.75) is 13.1 Å². The monoisotopic (exact) mass is 1070 g/mol. The quantitative estimate of drug-likeness (QED) is 0.142. The van der Waals surface area contributed by atoms with Gasteiger partial charge in [0.15, 0.2) is 11.4 Å². The van der Waals surface area contributed by atoms with Crippen molar-refractivity contribution in [2.24, 2.45) is 0 Å². The van der Waals surface area contributed by atoms with Crippen molar-refractivity contribution in [1.29, 1.82) is 15.8 Å². The molecule has 7 nitrogen and oxygen atoms in total. The van der Waals surface area contributed by atoms with Crippen LogP contribution in [0.4, 0.5) is 24.5 Å². The van der Waals surface area contributed by atoms with Gasteiger partial charge in [0.1, 0.15) is 0 Å². The number of hydrogen-bond acceptors (Lipinski definition) is 3. The molecular formula is C73H40F3N7. The minimum Gasteiger partial charge on any atom is -0.309 e. The Labute approximate surface area is 475 Å². The van der Waals surface area contributed by atoms with Gasteiger partial charge in [0, 0.05) is 32.7 Å². The van der Waals surface area contributed by atoms with Crippen molar-refractivity contribution in [3.8, 4) is 96.3 Å². The number of alkyl halides is 3. The van der Waals surface area contributed by atoms with Crippen molar-refractivity contribution in [3.63, 3.8) is 0 Å². The highest BCUT2D eigenvalue weighted by molar-refractivity contribution is 6.14. The summed E-state index contributed by atoms with van der Waals surface area (Å²) >= 11 is 0. The standard InChI is InChI=1S/C73H40F3N7/c1-44-34-57(73(74,75)76)22-29-60(44)56-17-28-62(72(40-56)83-69-32-20-54(50-13-23-58(80-2)24-14-50)38-65(69)66-39-55(21-33-70(66)83)51-15-25-59(81-3)26-16-51)61-27-8-47(43-79)35-71(61)82-67-30-18-52(48-9-4-45(41-77)5-10-48)36-63(67)64-37-53(19-31-68(64)82)49-11-6-46(42-78)7-12-49/h4-40H,1H3. The summed E-state index contributed by atoms with van der Waals surface area (Å²) in [5, 5.41) is 33.7. The summed E-state index contributed by atoms with van der Waals surface area (Å²) in [5.41, 5.74) is 17.4. The zero-order chi connectivity index (χ0) is 57.1. The van der Waals surface area contributed by atoms with Crippen LogP contribution in [-0.4, -0.2) is 9.13 Å². The molecule has 0 saturated carbocycles. The number of fused-ring (bicyclic) bond motifs is 6. The van der Waals surface area contributed by atoms with E-state index in [2.05, 4.69) is 110 Å². The highest BCUT2D eigenvalue weighted by atomic mass is 19.4. The van der Waals surface area contributed by atoms with E-state index < -0.39 is 11.7 Å². The van der Waals surface area contributed by atoms with Gasteiger partial charge >= 0.3 is 6.18 Å². The topological polar surface area (TPSA) is 89.9 Å². The molecule has 13 rings (SSSR count). The first kappa shape index (κ1) is 50.7. The van der Waals surface area contributed by atoms with Gasteiger partial charge in [-0.15, -0.1) is 0 Å². The zero-order valence-corrected chi connectivity index (χ0v) is 44.1. The van der Waals surface area contributed by atoms with E-state index in [1.807, 2.05) is 78.9 Å². The minimum atomic E-state index is -4.54. The number of hydrogen-bond donors (Lipinski definition) is 0. The van der Waals surface area contributed by atoms with Crippen LogP contribution in [0.2, 0.25) is 0 Å². The summed E-state index contributed by atoms with van der Waals surface area (Å²) in [6.45, 7) is 16.9. The predicted octanol–water partition coefficient (Wildman–Crippen LogP) is 19.9. The molecule has 10 heteroatoms. The van der Waals surface area contributed by atoms with Crippen LogP contribution >= 0.6 is 0 Å². The van der Waals surface area contributed by atoms with Crippen LogP contribution in [0.15, 0.2) is 224 Å². The molecule has 0 N–H and O–H groups in total. The van der Waals surface area contributed by atoms with Crippen LogP contribution < -0.4 is 0 Å². The molecule has 388 valence electrons. The van der Waals surface area contributed by atoms with E-state index in [1.54, 1.807) is 61.5 Å². The number of benzene rings is 11. The molecule has 0 fully saturated rings. The van der Waals surface area contributed by atoms with E-state index in [1.165, 1.54) is 12.1 Å². The minimum absolute atomic E-state index is 0.423. The third kappa shape index (κ3) is 8.95. The Balaban J connectivity index is 1.10. The lowest BCUT2D eigenvalue weighted by Crippen LogP contribution is -2.05. The van der Waals surface area contributed by atoms with Gasteiger partial charge in [-0.05, 0) is 171 Å². The van der Waals surface area contributed by atoms with Crippen molar-refractivity contribution in [3.05, 3.63) is 275 Å². The van der Waals surface area contributed by atoms with Crippen LogP contribution in [0, 0.1) is 54.1 Å². The van der Waals surface area contributed by atoms with Crippen molar-refractivity contribution < 1.29 is 13.2 Å². The second kappa shape index (κ2) is 20.2. The van der Waals surface area contributed by atoms with Crippen LogP contribution in [0.1, 0.15) is 27.8 Å². The number of nitriles is 3. The maximum Gasteiger partial charge on any atom is 0.416 e. The molecule has 0 radical (unpaired) electrons. The predicted molar refractivity (Wildman–Crippen MR) is 324 cm³/mol. The van der Waals surface area contributed by atoms with Gasteiger partial charge < -0.3 is 9.13 Å². The Morgan fingerprint density at radius 1 is 0.349 bits per heavy atom. The lowest BCUT2D eigenvalue weighted by molar-refractivity contribution is -0.137. The van der Waals surface area contributed by atoms with Crippen molar-refractivity contribution >= 4 is 55.0 Å². The summed E-state index contributed by atoms with van der Waals surface area (Å²) in [5.74, 6) is 0. The van der Waals surface area contributed by atoms with Gasteiger partial charge in [-0.2, -0.15) is 29.0 Å². The van der Waals surface area contributed by atoms with Gasteiger partial charge in [-0.25, -0.2) is 9.69 Å². The summed E-state index contributed by atoms with van der Waals surface area (Å²) in [7, 11) is 0. The molecule has 0 unspecified atom stereocenters. The molecule has 2 aromatic heterocycles. The molecule has 0 saturated heterocycles. The second-order valence-electron chi connectivity index (χ2n) is 20.4. The smallest absolute Gasteiger partial charge is 0.309 e. The third-order valence-electron chi connectivity index (χ3n) is 15.6. The number of nitrogens with zero attached hydrogens (tertiary/aromatic N) is 7. The van der Waals surface area contributed by atoms with Gasteiger partial charge in [0.2, 0.25) is 0 Å². The van der Waals surface area contributed by atoms with E-state index in [4.69, 9.17) is 13.1 Å². The van der Waals surface area contributed by atoms with Crippen LogP contribution in [-0.2, 0) is 6.18 Å². The number of aromatic nitrogens is 2. The lowest BCUT2D eigenvalue weighted by atomic mass is 9.93. The Morgan fingerprint density at radius 3 is 1.04 bits per heavy atom. The average molecular weight is 1070 g/mol. The highest BCUT2D eigenvalue weighted by Crippen LogP contribution is 2.46. The second-order valence-corrected chi connectivity index (χ2v) is 20.4. The van der Waals surface area contributed by atoms with E-state index in [9.17, 15) is 29.0 Å². The Morgan fingerprint density at radius 2 is 0.675 bits per heavy atom. The fourth-order valence-corrected chi connectivity index (χ4v) is 11.5. The molecule has 0 aliphatic carbocycles. The van der Waals surface area contributed by atoms with Gasteiger partial charge in [-0.1, -0.05) is 121 Å². The Hall–Kier alpha value is -11.7. The molecule has 0 aliphatic heterocycles. The van der Waals surface area contributed by atoms with Crippen LogP contribution in [0.25, 0.3) is 131 Å². The molecule has 2 heterocycles. The summed E-state index contributed by atoms with van der Waals surface area (Å²) < 4.78 is 47.0. The molecule has 0 aliphatic rings. The van der Waals surface area contributed by atoms with Crippen molar-refractivity contribution in [2.75, 3.05) is 0 Å². The fourth-order valence-electron chi connectivity index (χ4n) is 11.5. The van der Waals surface area contributed by atoms with Gasteiger partial charge in [0.25, 0.3) is 0 Å². The van der Waals surface area contributed by atoms with Crippen molar-refractivity contribution in [1.82, 2.24) is 9.13 Å². The zero-order valence-electron chi connectivity index (χ0n) is 44.1. The molecule has 83 heavy (non-hydrogen) atoms. The number of halogens is 3. The van der Waals surface area contributed by atoms with E-state index in [-0.39, 0.29) is 0 Å².